The zero-order valence-corrected chi connectivity index (χ0v) is 11.9. The van der Waals surface area contributed by atoms with Gasteiger partial charge in [0.2, 0.25) is 0 Å². The maximum atomic E-state index is 13.3. The summed E-state index contributed by atoms with van der Waals surface area (Å²) in [6.07, 6.45) is 3.81. The molecular formula is C17H20F2. The lowest BCUT2D eigenvalue weighted by atomic mass is 10.0. The third-order valence-electron chi connectivity index (χ3n) is 3.06. The molecule has 0 bridgehead atoms. The standard InChI is InChI=1S/C17H20F2/c1-12(2)13(3)9-10-14(4)15-7-6-8-16(11-15)17(5,18)19/h6-11H,4H2,1-3,5H3/b10-9-. The molecule has 0 nitrogen and oxygen atoms in total. The van der Waals surface area contributed by atoms with Crippen molar-refractivity contribution in [3.8, 4) is 0 Å². The highest BCUT2D eigenvalue weighted by molar-refractivity contribution is 5.73. The number of hydrogen-bond donors (Lipinski definition) is 0. The zero-order valence-electron chi connectivity index (χ0n) is 11.9. The zero-order chi connectivity index (χ0) is 14.6. The molecule has 0 radical (unpaired) electrons. The number of hydrogen-bond acceptors (Lipinski definition) is 0. The van der Waals surface area contributed by atoms with Crippen molar-refractivity contribution in [3.63, 3.8) is 0 Å². The highest BCUT2D eigenvalue weighted by Gasteiger charge is 2.24. The molecule has 0 aliphatic rings. The Morgan fingerprint density at radius 2 is 1.79 bits per heavy atom. The summed E-state index contributed by atoms with van der Waals surface area (Å²) in [5, 5.41) is 0. The van der Waals surface area contributed by atoms with Gasteiger partial charge in [-0.15, -0.1) is 0 Å². The number of alkyl halides is 2. The molecule has 1 aromatic carbocycles. The second-order valence-electron chi connectivity index (χ2n) is 5.01. The van der Waals surface area contributed by atoms with Crippen LogP contribution < -0.4 is 0 Å². The van der Waals surface area contributed by atoms with Crippen LogP contribution in [0.2, 0.25) is 0 Å². The van der Waals surface area contributed by atoms with Crippen LogP contribution in [0.1, 0.15) is 38.8 Å². The molecule has 0 fully saturated rings. The van der Waals surface area contributed by atoms with E-state index in [9.17, 15) is 8.78 Å². The lowest BCUT2D eigenvalue weighted by molar-refractivity contribution is 0.0174. The van der Waals surface area contributed by atoms with Crippen molar-refractivity contribution in [2.75, 3.05) is 0 Å². The van der Waals surface area contributed by atoms with Gasteiger partial charge in [0.15, 0.2) is 0 Å². The number of rotatable bonds is 4. The Labute approximate surface area is 114 Å². The van der Waals surface area contributed by atoms with E-state index in [2.05, 4.69) is 6.58 Å². The second-order valence-corrected chi connectivity index (χ2v) is 5.01. The Morgan fingerprint density at radius 3 is 2.32 bits per heavy atom. The maximum absolute atomic E-state index is 13.3. The molecule has 0 aromatic heterocycles. The van der Waals surface area contributed by atoms with Crippen LogP contribution in [0.4, 0.5) is 8.78 Å². The molecule has 1 aromatic rings. The first-order valence-electron chi connectivity index (χ1n) is 6.21. The van der Waals surface area contributed by atoms with Crippen LogP contribution in [0.25, 0.3) is 5.57 Å². The van der Waals surface area contributed by atoms with Gasteiger partial charge >= 0.3 is 0 Å². The van der Waals surface area contributed by atoms with E-state index in [1.54, 1.807) is 12.1 Å². The van der Waals surface area contributed by atoms with Crippen LogP contribution in [0.3, 0.4) is 0 Å². The average molecular weight is 262 g/mol. The fourth-order valence-corrected chi connectivity index (χ4v) is 1.48. The Balaban J connectivity index is 2.99. The minimum atomic E-state index is -2.82. The Bertz CT molecular complexity index is 524. The molecule has 19 heavy (non-hydrogen) atoms. The van der Waals surface area contributed by atoms with Gasteiger partial charge in [0.05, 0.1) is 0 Å². The summed E-state index contributed by atoms with van der Waals surface area (Å²) in [7, 11) is 0. The molecule has 0 saturated heterocycles. The van der Waals surface area contributed by atoms with Crippen molar-refractivity contribution >= 4 is 5.57 Å². The van der Waals surface area contributed by atoms with Crippen LogP contribution in [0.5, 0.6) is 0 Å². The molecule has 0 heterocycles. The molecule has 1 rings (SSSR count). The summed E-state index contributed by atoms with van der Waals surface area (Å²) >= 11 is 0. The van der Waals surface area contributed by atoms with Crippen LogP contribution in [-0.4, -0.2) is 0 Å². The van der Waals surface area contributed by atoms with Gasteiger partial charge in [-0.3, -0.25) is 0 Å². The normalized spacial score (nSPS) is 11.7. The largest absolute Gasteiger partial charge is 0.270 e. The van der Waals surface area contributed by atoms with Gasteiger partial charge in [0.1, 0.15) is 0 Å². The Morgan fingerprint density at radius 1 is 1.16 bits per heavy atom. The number of benzene rings is 1. The van der Waals surface area contributed by atoms with Gasteiger partial charge in [-0.2, -0.15) is 0 Å². The lowest BCUT2D eigenvalue weighted by Crippen LogP contribution is -2.06. The van der Waals surface area contributed by atoms with Crippen LogP contribution in [0.15, 0.2) is 54.1 Å². The minimum absolute atomic E-state index is 0.0125. The molecule has 0 atom stereocenters. The van der Waals surface area contributed by atoms with Crippen molar-refractivity contribution in [1.29, 1.82) is 0 Å². The monoisotopic (exact) mass is 262 g/mol. The fourth-order valence-electron chi connectivity index (χ4n) is 1.48. The van der Waals surface area contributed by atoms with Gasteiger partial charge in [-0.05, 0) is 38.0 Å². The first-order chi connectivity index (χ1) is 8.71. The third kappa shape index (κ3) is 4.47. The quantitative estimate of drug-likeness (QED) is 0.608. The molecule has 0 unspecified atom stereocenters. The number of allylic oxidation sites excluding steroid dienone is 5. The van der Waals surface area contributed by atoms with E-state index in [-0.39, 0.29) is 5.56 Å². The van der Waals surface area contributed by atoms with E-state index in [0.29, 0.717) is 0 Å². The maximum Gasteiger partial charge on any atom is 0.270 e. The van der Waals surface area contributed by atoms with Gasteiger partial charge in [-0.25, -0.2) is 8.78 Å². The third-order valence-corrected chi connectivity index (χ3v) is 3.06. The highest BCUT2D eigenvalue weighted by atomic mass is 19.3. The molecule has 0 spiro atoms. The summed E-state index contributed by atoms with van der Waals surface area (Å²) in [5.74, 6) is -2.82. The van der Waals surface area contributed by atoms with Crippen molar-refractivity contribution in [2.45, 2.75) is 33.6 Å². The Hall–Kier alpha value is -1.70. The smallest absolute Gasteiger partial charge is 0.202 e. The molecule has 0 aliphatic carbocycles. The van der Waals surface area contributed by atoms with E-state index in [1.807, 2.05) is 32.9 Å². The average Bonchev–Trinajstić information content (AvgIpc) is 2.34. The van der Waals surface area contributed by atoms with E-state index in [4.69, 9.17) is 0 Å². The van der Waals surface area contributed by atoms with Crippen LogP contribution in [-0.2, 0) is 5.92 Å². The Kier molecular flexibility index (Phi) is 4.82. The van der Waals surface area contributed by atoms with Crippen molar-refractivity contribution in [3.05, 3.63) is 65.3 Å². The fraction of sp³-hybridized carbons (Fsp3) is 0.294. The molecule has 0 N–H and O–H groups in total. The van der Waals surface area contributed by atoms with E-state index < -0.39 is 5.92 Å². The molecule has 0 amide bonds. The van der Waals surface area contributed by atoms with Gasteiger partial charge < -0.3 is 0 Å². The lowest BCUT2D eigenvalue weighted by Gasteiger charge is -2.12. The number of halogens is 2. The van der Waals surface area contributed by atoms with Crippen molar-refractivity contribution in [1.82, 2.24) is 0 Å². The molecular weight excluding hydrogens is 242 g/mol. The van der Waals surface area contributed by atoms with E-state index in [1.165, 1.54) is 17.7 Å². The van der Waals surface area contributed by atoms with Crippen LogP contribution in [0, 0.1) is 0 Å². The molecule has 102 valence electrons. The molecule has 0 aliphatic heterocycles. The van der Waals surface area contributed by atoms with Crippen LogP contribution >= 0.6 is 0 Å². The predicted octanol–water partition coefficient (Wildman–Crippen LogP) is 5.72. The SMILES string of the molecule is C=C(/C=C\C(C)=C(C)C)c1cccc(C(C)(F)F)c1. The van der Waals surface area contributed by atoms with E-state index >= 15 is 0 Å². The summed E-state index contributed by atoms with van der Waals surface area (Å²) in [5.41, 5.74) is 3.83. The van der Waals surface area contributed by atoms with Crippen molar-refractivity contribution in [2.24, 2.45) is 0 Å². The van der Waals surface area contributed by atoms with Gasteiger partial charge in [0, 0.05) is 12.5 Å². The first kappa shape index (κ1) is 15.4. The minimum Gasteiger partial charge on any atom is -0.202 e. The first-order valence-corrected chi connectivity index (χ1v) is 6.21. The summed E-state index contributed by atoms with van der Waals surface area (Å²) in [6.45, 7) is 10.9. The summed E-state index contributed by atoms with van der Waals surface area (Å²) < 4.78 is 26.5. The van der Waals surface area contributed by atoms with E-state index in [0.717, 1.165) is 23.6 Å². The van der Waals surface area contributed by atoms with Crippen molar-refractivity contribution < 1.29 is 8.78 Å². The summed E-state index contributed by atoms with van der Waals surface area (Å²) in [4.78, 5) is 0. The highest BCUT2D eigenvalue weighted by Crippen LogP contribution is 2.29. The van der Waals surface area contributed by atoms with Gasteiger partial charge in [-0.1, -0.05) is 48.1 Å². The molecule has 2 heteroatoms. The molecule has 0 saturated carbocycles. The second kappa shape index (κ2) is 5.96. The van der Waals surface area contributed by atoms with Gasteiger partial charge in [0.25, 0.3) is 5.92 Å². The predicted molar refractivity (Wildman–Crippen MR) is 78.2 cm³/mol. The topological polar surface area (TPSA) is 0 Å². The summed E-state index contributed by atoms with van der Waals surface area (Å²) in [6, 6.07) is 6.35.